The summed E-state index contributed by atoms with van der Waals surface area (Å²) in [6, 6.07) is 9.02. The zero-order valence-corrected chi connectivity index (χ0v) is 28.9. The molecule has 1 atom stereocenters. The monoisotopic (exact) mass is 634 g/mol. The zero-order valence-electron chi connectivity index (χ0n) is 28.9. The molecule has 0 saturated carbocycles. The molecule has 1 aromatic carbocycles. The van der Waals surface area contributed by atoms with Gasteiger partial charge < -0.3 is 36.1 Å². The zero-order chi connectivity index (χ0) is 35.2. The Morgan fingerprint density at radius 1 is 0.511 bits per heavy atom. The van der Waals surface area contributed by atoms with Crippen LogP contribution in [-0.4, -0.2) is 69.0 Å². The number of carbonyl (C=O) groups is 6. The summed E-state index contributed by atoms with van der Waals surface area (Å²) in [4.78, 5) is 77.6. The molecule has 0 bridgehead atoms. The van der Waals surface area contributed by atoms with E-state index >= 15 is 0 Å². The van der Waals surface area contributed by atoms with Crippen LogP contribution in [0.2, 0.25) is 0 Å². The summed E-state index contributed by atoms with van der Waals surface area (Å²) in [5.41, 5.74) is -7.39. The molecule has 0 fully saturated rings. The average molecular weight is 635 g/mol. The largest absolute Gasteiger partial charge is 0.458 e. The predicted molar refractivity (Wildman–Crippen MR) is 169 cm³/mol. The van der Waals surface area contributed by atoms with Crippen molar-refractivity contribution >= 4 is 35.7 Å². The van der Waals surface area contributed by atoms with Crippen molar-refractivity contribution in [2.75, 3.05) is 0 Å². The number of esters is 1. The number of hydrogen-bond donors (Lipinski definition) is 5. The molecule has 0 radical (unpaired) electrons. The quantitative estimate of drug-likeness (QED) is 0.172. The summed E-state index contributed by atoms with van der Waals surface area (Å²) >= 11 is 0. The Kier molecular flexibility index (Phi) is 12.0. The maximum Gasteiger partial charge on any atom is 0.408 e. The second-order valence-electron chi connectivity index (χ2n) is 14.6. The lowest BCUT2D eigenvalue weighted by atomic mass is 9.95. The van der Waals surface area contributed by atoms with Crippen LogP contribution in [0.3, 0.4) is 0 Å². The number of amides is 5. The molecule has 0 aliphatic rings. The molecular formula is C32H51N5O8. The molecule has 1 aromatic rings. The minimum atomic E-state index is -1.54. The fraction of sp³-hybridized carbons (Fsp3) is 0.625. The van der Waals surface area contributed by atoms with Crippen molar-refractivity contribution in [1.82, 2.24) is 26.6 Å². The lowest BCUT2D eigenvalue weighted by molar-refractivity contribution is -0.163. The highest BCUT2D eigenvalue weighted by Gasteiger charge is 2.43. The average Bonchev–Trinajstić information content (AvgIpc) is 2.85. The Labute approximate surface area is 266 Å². The van der Waals surface area contributed by atoms with Gasteiger partial charge in [-0.2, -0.15) is 0 Å². The van der Waals surface area contributed by atoms with Crippen LogP contribution < -0.4 is 26.6 Å². The van der Waals surface area contributed by atoms with Gasteiger partial charge in [-0.1, -0.05) is 30.3 Å². The Hall–Kier alpha value is -4.16. The molecule has 0 unspecified atom stereocenters. The molecule has 0 aromatic heterocycles. The van der Waals surface area contributed by atoms with Gasteiger partial charge in [-0.05, 0) is 95.6 Å². The Balaban J connectivity index is 2.84. The summed E-state index contributed by atoms with van der Waals surface area (Å²) in [5.74, 6) is -3.38. The van der Waals surface area contributed by atoms with Crippen molar-refractivity contribution in [3.63, 3.8) is 0 Å². The van der Waals surface area contributed by atoms with Gasteiger partial charge >= 0.3 is 12.1 Å². The van der Waals surface area contributed by atoms with Crippen LogP contribution in [0.4, 0.5) is 4.79 Å². The molecule has 13 heteroatoms. The number of benzene rings is 1. The van der Waals surface area contributed by atoms with E-state index in [4.69, 9.17) is 9.47 Å². The first-order valence-electron chi connectivity index (χ1n) is 14.6. The third kappa shape index (κ3) is 12.0. The van der Waals surface area contributed by atoms with Gasteiger partial charge in [0.2, 0.25) is 23.6 Å². The van der Waals surface area contributed by atoms with Gasteiger partial charge in [0, 0.05) is 0 Å². The number of nitrogens with one attached hydrogen (secondary N) is 5. The van der Waals surface area contributed by atoms with Crippen LogP contribution in [0.25, 0.3) is 0 Å². The molecule has 0 aliphatic heterocycles. The molecule has 45 heavy (non-hydrogen) atoms. The lowest BCUT2D eigenvalue weighted by Gasteiger charge is -2.37. The standard InChI is InChI=1S/C32H51N5O8/c1-27(2,3)45-25(42)32(12,13)36-23(40)30(8,9)34-21(38)28(4,5)33-22(39)29(6,7)35-24(41)31(10,11)37-26(43)44-19-20-17-15-14-16-18-20/h14-18H,19H2,1-13H3,(H,33,39)(H,34,38)(H,35,41)(H,36,40)(H,37,43)/i10+1/t31-/m1/s1. The van der Waals surface area contributed by atoms with Gasteiger partial charge in [0.1, 0.15) is 39.9 Å². The number of hydrogen-bond acceptors (Lipinski definition) is 8. The highest BCUT2D eigenvalue weighted by Crippen LogP contribution is 2.17. The van der Waals surface area contributed by atoms with Crippen LogP contribution in [-0.2, 0) is 40.1 Å². The summed E-state index contributed by atoms with van der Waals surface area (Å²) in [6.07, 6.45) is -0.819. The molecule has 13 nitrogen and oxygen atoms in total. The summed E-state index contributed by atoms with van der Waals surface area (Å²) in [7, 11) is 0. The van der Waals surface area contributed by atoms with E-state index < -0.39 is 69.0 Å². The number of carbonyl (C=O) groups excluding carboxylic acids is 6. The molecule has 0 heterocycles. The number of alkyl carbamates (subject to hydrolysis) is 1. The molecule has 0 saturated heterocycles. The topological polar surface area (TPSA) is 181 Å². The van der Waals surface area contributed by atoms with Crippen molar-refractivity contribution in [2.24, 2.45) is 0 Å². The van der Waals surface area contributed by atoms with E-state index in [0.717, 1.165) is 5.56 Å². The highest BCUT2D eigenvalue weighted by molar-refractivity contribution is 6.00. The lowest BCUT2D eigenvalue weighted by Crippen LogP contribution is -2.68. The van der Waals surface area contributed by atoms with Crippen molar-refractivity contribution in [2.45, 2.75) is 130 Å². The summed E-state index contributed by atoms with van der Waals surface area (Å²) in [6.45, 7) is 19.7. The number of rotatable bonds is 12. The van der Waals surface area contributed by atoms with E-state index in [0.29, 0.717) is 0 Å². The van der Waals surface area contributed by atoms with Crippen LogP contribution in [0.5, 0.6) is 0 Å². The molecule has 5 N–H and O–H groups in total. The molecule has 0 spiro atoms. The smallest absolute Gasteiger partial charge is 0.408 e. The fourth-order valence-corrected chi connectivity index (χ4v) is 3.46. The van der Waals surface area contributed by atoms with Gasteiger partial charge in [-0.15, -0.1) is 0 Å². The first kappa shape index (κ1) is 38.9. The molecular weight excluding hydrogens is 583 g/mol. The van der Waals surface area contributed by atoms with E-state index in [9.17, 15) is 28.8 Å². The highest BCUT2D eigenvalue weighted by atomic mass is 16.6. The summed E-state index contributed by atoms with van der Waals surface area (Å²) < 4.78 is 10.6. The first-order valence-corrected chi connectivity index (χ1v) is 14.6. The van der Waals surface area contributed by atoms with Gasteiger partial charge in [-0.25, -0.2) is 9.59 Å². The van der Waals surface area contributed by atoms with E-state index in [-0.39, 0.29) is 6.61 Å². The van der Waals surface area contributed by atoms with Crippen LogP contribution in [0, 0.1) is 0 Å². The van der Waals surface area contributed by atoms with Crippen LogP contribution in [0.15, 0.2) is 30.3 Å². The van der Waals surface area contributed by atoms with E-state index in [2.05, 4.69) is 26.6 Å². The van der Waals surface area contributed by atoms with Crippen LogP contribution >= 0.6 is 0 Å². The molecule has 5 amide bonds. The third-order valence-electron chi connectivity index (χ3n) is 6.51. The molecule has 252 valence electrons. The van der Waals surface area contributed by atoms with Gasteiger partial charge in [0.15, 0.2) is 0 Å². The van der Waals surface area contributed by atoms with Crippen LogP contribution in [0.1, 0.15) is 95.6 Å². The Morgan fingerprint density at radius 3 is 1.20 bits per heavy atom. The molecule has 0 aliphatic carbocycles. The van der Waals surface area contributed by atoms with Crippen molar-refractivity contribution in [1.29, 1.82) is 0 Å². The van der Waals surface area contributed by atoms with E-state index in [1.54, 1.807) is 45.0 Å². The number of ether oxygens (including phenoxy) is 2. The predicted octanol–water partition coefficient (Wildman–Crippen LogP) is 2.61. The second kappa shape index (κ2) is 13.9. The van der Waals surface area contributed by atoms with Gasteiger partial charge in [0.05, 0.1) is 0 Å². The Bertz CT molecular complexity index is 1280. The van der Waals surface area contributed by atoms with Gasteiger partial charge in [-0.3, -0.25) is 19.2 Å². The van der Waals surface area contributed by atoms with Crippen molar-refractivity contribution in [3.05, 3.63) is 35.9 Å². The van der Waals surface area contributed by atoms with E-state index in [1.807, 2.05) is 6.07 Å². The van der Waals surface area contributed by atoms with Crippen molar-refractivity contribution in [3.8, 4) is 0 Å². The Morgan fingerprint density at radius 2 is 0.844 bits per heavy atom. The first-order chi connectivity index (χ1) is 20.1. The second-order valence-corrected chi connectivity index (χ2v) is 14.6. The summed E-state index contributed by atoms with van der Waals surface area (Å²) in [5, 5.41) is 12.9. The molecule has 1 rings (SSSR count). The SMILES string of the molecule is CC(C)(C)OC(=O)C(C)(C)NC(=O)C(C)(C)NC(=O)C(C)(C)NC(=O)C(C)(C)NC(=O)[C@](C)([13CH3])NC(=O)OCc1ccccc1. The maximum atomic E-state index is 13.3. The fourth-order valence-electron chi connectivity index (χ4n) is 3.46. The van der Waals surface area contributed by atoms with E-state index in [1.165, 1.54) is 69.2 Å². The minimum absolute atomic E-state index is 0.00931. The normalized spacial score (nSPS) is 13.8. The minimum Gasteiger partial charge on any atom is -0.458 e. The third-order valence-corrected chi connectivity index (χ3v) is 6.51. The van der Waals surface area contributed by atoms with Crippen molar-refractivity contribution < 1.29 is 38.2 Å². The maximum absolute atomic E-state index is 13.3. The van der Waals surface area contributed by atoms with Gasteiger partial charge in [0.25, 0.3) is 0 Å².